The Balaban J connectivity index is 1.51. The Hall–Kier alpha value is -4.41. The number of carbonyl (C=O) groups excluding carboxylic acids is 3. The van der Waals surface area contributed by atoms with E-state index in [-0.39, 0.29) is 37.0 Å². The fourth-order valence-corrected chi connectivity index (χ4v) is 2.95. The van der Waals surface area contributed by atoms with Gasteiger partial charge in [-0.2, -0.15) is 0 Å². The Morgan fingerprint density at radius 3 is 2.23 bits per heavy atom. The van der Waals surface area contributed by atoms with Gasteiger partial charge in [0, 0.05) is 36.0 Å². The SMILES string of the molecule is CC(C)(C)C(=O)Nc1ccc(C(=O)NCCNC(=O)c2c[nH]c(=O)n(Cc3ccco3)c2=O)cc1. The van der Waals surface area contributed by atoms with Crippen LogP contribution in [0.4, 0.5) is 5.69 Å². The molecule has 184 valence electrons. The predicted molar refractivity (Wildman–Crippen MR) is 128 cm³/mol. The maximum absolute atomic E-state index is 12.6. The molecule has 0 bridgehead atoms. The maximum Gasteiger partial charge on any atom is 0.328 e. The number of rotatable bonds is 8. The second kappa shape index (κ2) is 10.7. The standard InChI is InChI=1S/C24H27N5O6/c1-24(2,3)22(33)28-16-8-6-15(7-9-16)19(30)25-10-11-26-20(31)18-13-27-23(34)29(21(18)32)14-17-5-4-12-35-17/h4-9,12-13H,10-11,14H2,1-3H3,(H,25,30)(H,26,31)(H,27,34)(H,28,33). The Kier molecular flexibility index (Phi) is 7.69. The lowest BCUT2D eigenvalue weighted by atomic mass is 9.95. The first-order valence-corrected chi connectivity index (χ1v) is 10.9. The van der Waals surface area contributed by atoms with Crippen molar-refractivity contribution in [2.75, 3.05) is 18.4 Å². The third kappa shape index (κ3) is 6.56. The molecule has 0 fully saturated rings. The summed E-state index contributed by atoms with van der Waals surface area (Å²) in [4.78, 5) is 63.7. The summed E-state index contributed by atoms with van der Waals surface area (Å²) in [6.07, 6.45) is 2.47. The number of nitrogens with zero attached hydrogens (tertiary/aromatic N) is 1. The van der Waals surface area contributed by atoms with Crippen LogP contribution in [-0.4, -0.2) is 40.4 Å². The fourth-order valence-electron chi connectivity index (χ4n) is 2.95. The molecular weight excluding hydrogens is 454 g/mol. The van der Waals surface area contributed by atoms with Gasteiger partial charge in [0.1, 0.15) is 11.3 Å². The molecule has 0 radical (unpaired) electrons. The van der Waals surface area contributed by atoms with Crippen LogP contribution in [0.1, 0.15) is 47.2 Å². The average Bonchev–Trinajstić information content (AvgIpc) is 3.32. The van der Waals surface area contributed by atoms with E-state index in [9.17, 15) is 24.0 Å². The van der Waals surface area contributed by atoms with Crippen LogP contribution in [0.15, 0.2) is 62.9 Å². The Bertz CT molecular complexity index is 1310. The number of H-pyrrole nitrogens is 1. The van der Waals surface area contributed by atoms with Crippen LogP contribution < -0.4 is 27.2 Å². The van der Waals surface area contributed by atoms with Gasteiger partial charge in [-0.25, -0.2) is 4.79 Å². The lowest BCUT2D eigenvalue weighted by Gasteiger charge is -2.17. The molecule has 0 saturated heterocycles. The van der Waals surface area contributed by atoms with Crippen molar-refractivity contribution < 1.29 is 18.8 Å². The molecule has 0 saturated carbocycles. The molecule has 0 unspecified atom stereocenters. The molecule has 1 aromatic carbocycles. The van der Waals surface area contributed by atoms with E-state index in [0.717, 1.165) is 10.8 Å². The topological polar surface area (TPSA) is 155 Å². The number of aromatic nitrogens is 2. The quantitative estimate of drug-likeness (QED) is 0.356. The highest BCUT2D eigenvalue weighted by molar-refractivity contribution is 5.97. The minimum Gasteiger partial charge on any atom is -0.467 e. The Morgan fingerprint density at radius 1 is 0.971 bits per heavy atom. The van der Waals surface area contributed by atoms with Gasteiger partial charge in [0.05, 0.1) is 12.8 Å². The molecule has 0 aliphatic rings. The van der Waals surface area contributed by atoms with Crippen LogP contribution in [0.5, 0.6) is 0 Å². The molecular formula is C24H27N5O6. The molecule has 11 heteroatoms. The van der Waals surface area contributed by atoms with Crippen molar-refractivity contribution in [2.45, 2.75) is 27.3 Å². The van der Waals surface area contributed by atoms with Crippen LogP contribution in [0.3, 0.4) is 0 Å². The molecule has 35 heavy (non-hydrogen) atoms. The molecule has 0 atom stereocenters. The van der Waals surface area contributed by atoms with Gasteiger partial charge in [0.2, 0.25) is 5.91 Å². The van der Waals surface area contributed by atoms with E-state index in [4.69, 9.17) is 4.42 Å². The third-order valence-corrected chi connectivity index (χ3v) is 4.98. The number of hydrogen-bond donors (Lipinski definition) is 4. The van der Waals surface area contributed by atoms with Gasteiger partial charge in [-0.15, -0.1) is 0 Å². The summed E-state index contributed by atoms with van der Waals surface area (Å²) in [7, 11) is 0. The molecule has 2 heterocycles. The number of anilines is 1. The summed E-state index contributed by atoms with van der Waals surface area (Å²) in [5, 5.41) is 7.98. The maximum atomic E-state index is 12.6. The van der Waals surface area contributed by atoms with Crippen molar-refractivity contribution in [1.29, 1.82) is 0 Å². The second-order valence-electron chi connectivity index (χ2n) is 8.77. The van der Waals surface area contributed by atoms with Crippen molar-refractivity contribution in [3.8, 4) is 0 Å². The number of aromatic amines is 1. The zero-order chi connectivity index (χ0) is 25.6. The lowest BCUT2D eigenvalue weighted by Crippen LogP contribution is -2.42. The number of furan rings is 1. The number of hydrogen-bond acceptors (Lipinski definition) is 6. The number of carbonyl (C=O) groups is 3. The average molecular weight is 482 g/mol. The summed E-state index contributed by atoms with van der Waals surface area (Å²) >= 11 is 0. The predicted octanol–water partition coefficient (Wildman–Crippen LogP) is 1.32. The monoisotopic (exact) mass is 481 g/mol. The van der Waals surface area contributed by atoms with E-state index in [0.29, 0.717) is 17.0 Å². The highest BCUT2D eigenvalue weighted by Crippen LogP contribution is 2.17. The molecule has 0 aliphatic carbocycles. The first kappa shape index (κ1) is 25.2. The van der Waals surface area contributed by atoms with Gasteiger partial charge in [-0.05, 0) is 36.4 Å². The number of nitrogens with one attached hydrogen (secondary N) is 4. The highest BCUT2D eigenvalue weighted by atomic mass is 16.3. The normalized spacial score (nSPS) is 11.1. The summed E-state index contributed by atoms with van der Waals surface area (Å²) in [5.74, 6) is -0.798. The van der Waals surface area contributed by atoms with Gasteiger partial charge >= 0.3 is 5.69 Å². The van der Waals surface area contributed by atoms with Crippen molar-refractivity contribution >= 4 is 23.4 Å². The molecule has 3 rings (SSSR count). The third-order valence-electron chi connectivity index (χ3n) is 4.98. The van der Waals surface area contributed by atoms with E-state index in [1.54, 1.807) is 57.2 Å². The summed E-state index contributed by atoms with van der Waals surface area (Å²) in [5.41, 5.74) is -1.25. The minimum atomic E-state index is -0.759. The van der Waals surface area contributed by atoms with Crippen molar-refractivity contribution in [3.63, 3.8) is 0 Å². The van der Waals surface area contributed by atoms with Gasteiger partial charge in [-0.1, -0.05) is 20.8 Å². The Morgan fingerprint density at radius 2 is 1.63 bits per heavy atom. The first-order valence-electron chi connectivity index (χ1n) is 10.9. The van der Waals surface area contributed by atoms with Gasteiger partial charge in [0.25, 0.3) is 17.4 Å². The van der Waals surface area contributed by atoms with Crippen LogP contribution in [0, 0.1) is 5.41 Å². The smallest absolute Gasteiger partial charge is 0.328 e. The van der Waals surface area contributed by atoms with E-state index >= 15 is 0 Å². The van der Waals surface area contributed by atoms with Gasteiger partial charge < -0.3 is 25.4 Å². The van der Waals surface area contributed by atoms with E-state index in [1.165, 1.54) is 6.26 Å². The summed E-state index contributed by atoms with van der Waals surface area (Å²) < 4.78 is 6.02. The fraction of sp³-hybridized carbons (Fsp3) is 0.292. The van der Waals surface area contributed by atoms with E-state index in [2.05, 4.69) is 20.9 Å². The van der Waals surface area contributed by atoms with Gasteiger partial charge in [0.15, 0.2) is 0 Å². The lowest BCUT2D eigenvalue weighted by molar-refractivity contribution is -0.123. The molecule has 4 N–H and O–H groups in total. The molecule has 2 aromatic heterocycles. The number of benzene rings is 1. The van der Waals surface area contributed by atoms with Crippen LogP contribution >= 0.6 is 0 Å². The minimum absolute atomic E-state index is 0.0566. The molecule has 11 nitrogen and oxygen atoms in total. The molecule has 3 amide bonds. The van der Waals surface area contributed by atoms with E-state index in [1.807, 2.05) is 0 Å². The Labute approximate surface area is 200 Å². The molecule has 3 aromatic rings. The van der Waals surface area contributed by atoms with Crippen LogP contribution in [-0.2, 0) is 11.3 Å². The zero-order valence-electron chi connectivity index (χ0n) is 19.6. The van der Waals surface area contributed by atoms with E-state index < -0.39 is 22.6 Å². The molecule has 0 spiro atoms. The largest absolute Gasteiger partial charge is 0.467 e. The first-order chi connectivity index (χ1) is 16.6. The van der Waals surface area contributed by atoms with Crippen molar-refractivity contribution in [3.05, 3.63) is 86.6 Å². The zero-order valence-corrected chi connectivity index (χ0v) is 19.6. The van der Waals surface area contributed by atoms with Crippen LogP contribution in [0.25, 0.3) is 0 Å². The van der Waals surface area contributed by atoms with Crippen LogP contribution in [0.2, 0.25) is 0 Å². The number of amides is 3. The molecule has 0 aliphatic heterocycles. The summed E-state index contributed by atoms with van der Waals surface area (Å²) in [6, 6.07) is 9.64. The van der Waals surface area contributed by atoms with Crippen molar-refractivity contribution in [1.82, 2.24) is 20.2 Å². The van der Waals surface area contributed by atoms with Crippen molar-refractivity contribution in [2.24, 2.45) is 5.41 Å². The second-order valence-corrected chi connectivity index (χ2v) is 8.77. The summed E-state index contributed by atoms with van der Waals surface area (Å²) in [6.45, 7) is 5.46. The van der Waals surface area contributed by atoms with Gasteiger partial charge in [-0.3, -0.25) is 23.7 Å². The highest BCUT2D eigenvalue weighted by Gasteiger charge is 2.21.